The summed E-state index contributed by atoms with van der Waals surface area (Å²) in [6.07, 6.45) is 9.54. The number of amides is 4. The Bertz CT molecular complexity index is 3480. The Morgan fingerprint density at radius 2 is 1.05 bits per heavy atom. The number of hydrogen-bond donors (Lipinski definition) is 4. The number of nitrogens with zero attached hydrogens (tertiary/aromatic N) is 6. The van der Waals surface area contributed by atoms with Crippen LogP contribution < -0.4 is 21.3 Å². The third-order valence-electron chi connectivity index (χ3n) is 22.9. The van der Waals surface area contributed by atoms with Gasteiger partial charge < -0.3 is 50.5 Å². The molecule has 20 heteroatoms. The van der Waals surface area contributed by atoms with Crippen LogP contribution in [0.5, 0.6) is 0 Å². The first-order valence-corrected chi connectivity index (χ1v) is 30.0. The van der Waals surface area contributed by atoms with Crippen LogP contribution >= 0.6 is 0 Å². The predicted molar refractivity (Wildman–Crippen MR) is 290 cm³/mol. The van der Waals surface area contributed by atoms with Crippen molar-refractivity contribution in [1.29, 1.82) is 0 Å². The van der Waals surface area contributed by atoms with Crippen molar-refractivity contribution in [2.24, 2.45) is 41.1 Å². The molecular formula is C61H70F4N10O6. The summed E-state index contributed by atoms with van der Waals surface area (Å²) in [4.78, 5) is 85.1. The number of anilines is 2. The summed E-state index contributed by atoms with van der Waals surface area (Å²) in [5, 5.41) is 0. The summed E-state index contributed by atoms with van der Waals surface area (Å²) in [6, 6.07) is 6.62. The minimum Gasteiger partial charge on any atom is -0.424 e. The van der Waals surface area contributed by atoms with Crippen LogP contribution in [-0.2, 0) is 41.3 Å². The maximum absolute atomic E-state index is 17.6. The topological polar surface area (TPSA) is 209 Å². The monoisotopic (exact) mass is 1110 g/mol. The average molecular weight is 1120 g/mol. The van der Waals surface area contributed by atoms with E-state index >= 15 is 27.2 Å². The second kappa shape index (κ2) is 17.7. The Hall–Kier alpha value is -6.60. The molecule has 428 valence electrons. The first-order valence-electron chi connectivity index (χ1n) is 30.0. The number of nitrogens with two attached hydrogens (primary N) is 2. The van der Waals surface area contributed by atoms with Crippen molar-refractivity contribution >= 4 is 57.4 Å². The lowest BCUT2D eigenvalue weighted by Gasteiger charge is -2.55. The fraction of sp³-hybridized carbons (Fsp3) is 0.607. The number of hydrogen-bond acceptors (Lipinski definition) is 10. The SMILES string of the molecule is CC1CC(C2C[C@@H]3CCC[C@@]34c3cc5[nH]c(nc5cc3F)[C@@](OC(N)=O)(C3CCCC3)C(=O)N24)N(c2cc(F)c(N3CCCCC3)c(F)c2)[C@@]1(C)C1C[C@@H]2CCC[C@@]23c2cc4[nH]c(nc4cc2F)[C@@](OC(N)=O)(C2CCCC2)C(=O)N13. The molecule has 4 amide bonds. The molecule has 5 aromatic rings. The van der Waals surface area contributed by atoms with Crippen molar-refractivity contribution in [3.05, 3.63) is 82.4 Å². The zero-order valence-electron chi connectivity index (χ0n) is 45.9. The maximum atomic E-state index is 17.6. The molecule has 8 heterocycles. The van der Waals surface area contributed by atoms with E-state index in [1.807, 2.05) is 16.7 Å². The number of aromatic nitrogens is 4. The van der Waals surface area contributed by atoms with E-state index in [4.69, 9.17) is 30.9 Å². The van der Waals surface area contributed by atoms with Crippen molar-refractivity contribution in [2.75, 3.05) is 22.9 Å². The van der Waals surface area contributed by atoms with Gasteiger partial charge in [-0.05, 0) is 139 Å². The third-order valence-corrected chi connectivity index (χ3v) is 22.9. The number of carbonyl (C=O) groups is 4. The Kier molecular flexibility index (Phi) is 11.2. The molecular weight excluding hydrogens is 1040 g/mol. The van der Waals surface area contributed by atoms with Crippen molar-refractivity contribution in [1.82, 2.24) is 29.7 Å². The zero-order valence-corrected chi connectivity index (χ0v) is 45.9. The summed E-state index contributed by atoms with van der Waals surface area (Å²) in [6.45, 7) is 5.06. The number of imidazole rings is 2. The number of benzene rings is 3. The van der Waals surface area contributed by atoms with Crippen LogP contribution in [-0.4, -0.2) is 90.5 Å². The molecule has 6 N–H and O–H groups in total. The maximum Gasteiger partial charge on any atom is 0.406 e. The van der Waals surface area contributed by atoms with Crippen LogP contribution in [0.3, 0.4) is 0 Å². The van der Waals surface area contributed by atoms with Gasteiger partial charge in [-0.15, -0.1) is 0 Å². The molecule has 6 bridgehead atoms. The van der Waals surface area contributed by atoms with Gasteiger partial charge in [0, 0.05) is 53.9 Å². The summed E-state index contributed by atoms with van der Waals surface area (Å²) in [7, 11) is 0. The van der Waals surface area contributed by atoms with Gasteiger partial charge in [0.15, 0.2) is 23.3 Å². The van der Waals surface area contributed by atoms with Crippen LogP contribution in [0.4, 0.5) is 38.5 Å². The number of rotatable bonds is 8. The van der Waals surface area contributed by atoms with Gasteiger partial charge in [0.2, 0.25) is 0 Å². The van der Waals surface area contributed by atoms with Gasteiger partial charge in [0.25, 0.3) is 23.0 Å². The number of fused-ring (bicyclic) bond motifs is 4. The molecule has 8 fully saturated rings. The van der Waals surface area contributed by atoms with Crippen molar-refractivity contribution < 1.29 is 46.2 Å². The molecule has 81 heavy (non-hydrogen) atoms. The number of carbonyl (C=O) groups excluding carboxylic acids is 4. The lowest BCUT2D eigenvalue weighted by Crippen LogP contribution is -2.68. The molecule has 0 radical (unpaired) electrons. The number of ether oxygens (including phenoxy) is 2. The van der Waals surface area contributed by atoms with Gasteiger partial charge in [-0.3, -0.25) is 9.59 Å². The van der Waals surface area contributed by atoms with Crippen LogP contribution in [0.1, 0.15) is 165 Å². The van der Waals surface area contributed by atoms with E-state index in [9.17, 15) is 9.59 Å². The largest absolute Gasteiger partial charge is 0.424 e. The molecule has 4 unspecified atom stereocenters. The summed E-state index contributed by atoms with van der Waals surface area (Å²) in [5.41, 5.74) is 6.44. The highest BCUT2D eigenvalue weighted by Gasteiger charge is 2.73. The van der Waals surface area contributed by atoms with Gasteiger partial charge >= 0.3 is 12.2 Å². The quantitative estimate of drug-likeness (QED) is 0.108. The third kappa shape index (κ3) is 6.64. The molecule has 6 aliphatic heterocycles. The Morgan fingerprint density at radius 3 is 1.57 bits per heavy atom. The first-order chi connectivity index (χ1) is 39.0. The van der Waals surface area contributed by atoms with Crippen LogP contribution in [0.25, 0.3) is 22.1 Å². The highest BCUT2D eigenvalue weighted by molar-refractivity contribution is 5.94. The minimum absolute atomic E-state index is 0.0611. The minimum atomic E-state index is -2.06. The van der Waals surface area contributed by atoms with Crippen molar-refractivity contribution in [3.8, 4) is 0 Å². The normalized spacial score (nSPS) is 35.5. The Balaban J connectivity index is 0.967. The first kappa shape index (κ1) is 51.3. The molecule has 4 aliphatic carbocycles. The number of primary amides is 2. The van der Waals surface area contributed by atoms with Crippen molar-refractivity contribution in [3.63, 3.8) is 0 Å². The van der Waals surface area contributed by atoms with E-state index in [2.05, 4.69) is 21.8 Å². The van der Waals surface area contributed by atoms with E-state index in [-0.39, 0.29) is 45.9 Å². The molecule has 2 aromatic heterocycles. The number of H-pyrrole nitrogens is 2. The van der Waals surface area contributed by atoms with Gasteiger partial charge in [-0.2, -0.15) is 0 Å². The van der Waals surface area contributed by atoms with Crippen LogP contribution in [0.2, 0.25) is 0 Å². The Labute approximate surface area is 466 Å². The lowest BCUT2D eigenvalue weighted by molar-refractivity contribution is -0.170. The van der Waals surface area contributed by atoms with Gasteiger partial charge in [-0.1, -0.05) is 45.4 Å². The molecule has 10 aliphatic rings. The second-order valence-corrected chi connectivity index (χ2v) is 26.2. The fourth-order valence-corrected chi connectivity index (χ4v) is 19.6. The predicted octanol–water partition coefficient (Wildman–Crippen LogP) is 10.5. The van der Waals surface area contributed by atoms with Crippen molar-refractivity contribution in [2.45, 2.75) is 188 Å². The van der Waals surface area contributed by atoms with Crippen LogP contribution in [0, 0.1) is 52.9 Å². The highest BCUT2D eigenvalue weighted by Crippen LogP contribution is 2.66. The lowest BCUT2D eigenvalue weighted by atomic mass is 9.77. The molecule has 3 aromatic carbocycles. The number of aromatic amines is 2. The number of halogens is 4. The van der Waals surface area contributed by atoms with Gasteiger partial charge in [-0.25, -0.2) is 37.1 Å². The molecule has 4 saturated carbocycles. The highest BCUT2D eigenvalue weighted by atomic mass is 19.1. The summed E-state index contributed by atoms with van der Waals surface area (Å²) < 4.78 is 82.9. The smallest absolute Gasteiger partial charge is 0.406 e. The van der Waals surface area contributed by atoms with Gasteiger partial charge in [0.1, 0.15) is 17.3 Å². The van der Waals surface area contributed by atoms with Crippen LogP contribution in [0.15, 0.2) is 36.4 Å². The standard InChI is InChI=1S/C61H70F4N10O6/c1-31-22-47(48-23-34-16-10-18-58(34)37-27-43-45(29-39(37)62)70-51(68-43)60(80-55(66)78,53(76)74(48)58)32-12-4-5-13-32)73(36-25-41(64)50(42(65)26-36)72-20-8-3-9-21-72)57(31,2)49-24-35-17-11-19-59(35)38-28-44-46(30-40(38)63)71-52(69-44)61(81-56(67)79,54(77)75(49)59)33-14-6-7-15-33/h25-35,47-49H,3-24H2,1-2H3,(H2,66,78)(H2,67,79)(H,68,70)(H,69,71)/t31?,34-,35-,47?,48?,49?,57+,58-,59-,60-,61-/m0/s1. The Morgan fingerprint density at radius 1 is 0.580 bits per heavy atom. The van der Waals surface area contributed by atoms with E-state index < -0.39 is 111 Å². The molecule has 2 spiro atoms. The summed E-state index contributed by atoms with van der Waals surface area (Å²) >= 11 is 0. The van der Waals surface area contributed by atoms with E-state index in [1.165, 1.54) is 24.3 Å². The second-order valence-electron chi connectivity index (χ2n) is 26.2. The van der Waals surface area contributed by atoms with E-state index in [0.717, 1.165) is 44.9 Å². The molecule has 11 atom stereocenters. The average Bonchev–Trinajstić information content (AvgIpc) is 1.95. The van der Waals surface area contributed by atoms with Gasteiger partial charge in [0.05, 0.1) is 56.8 Å². The van der Waals surface area contributed by atoms with E-state index in [0.29, 0.717) is 119 Å². The zero-order chi connectivity index (χ0) is 55.9. The molecule has 16 nitrogen and oxygen atoms in total. The van der Waals surface area contributed by atoms with E-state index in [1.54, 1.807) is 17.0 Å². The summed E-state index contributed by atoms with van der Waals surface area (Å²) in [5.74, 6) is -5.81. The number of nitrogens with one attached hydrogen (secondary N) is 2. The number of piperidine rings is 1. The fourth-order valence-electron chi connectivity index (χ4n) is 19.6. The molecule has 4 saturated heterocycles. The molecule has 15 rings (SSSR count).